The Morgan fingerprint density at radius 2 is 2.12 bits per heavy atom. The van der Waals surface area contributed by atoms with Crippen molar-refractivity contribution in [2.75, 3.05) is 0 Å². The Balaban J connectivity index is 2.99. The number of rotatable bonds is 1. The van der Waals surface area contributed by atoms with Gasteiger partial charge in [-0.25, -0.2) is 0 Å². The standard InChI is InChI=1S/C12H11BrClNO/c1-3-10-6(2)12(16)8-4-7(13)5-9(14)11(8)15-10/h4-5H,3H2,1-2H3,(H,15,16). The summed E-state index contributed by atoms with van der Waals surface area (Å²) in [5.74, 6) is 0. The number of aromatic nitrogens is 1. The van der Waals surface area contributed by atoms with Gasteiger partial charge in [0.05, 0.1) is 10.5 Å². The highest BCUT2D eigenvalue weighted by molar-refractivity contribution is 9.10. The predicted octanol–water partition coefficient (Wildman–Crippen LogP) is 3.81. The fraction of sp³-hybridized carbons (Fsp3) is 0.250. The zero-order valence-corrected chi connectivity index (χ0v) is 11.4. The fourth-order valence-corrected chi connectivity index (χ4v) is 2.67. The average molecular weight is 301 g/mol. The molecule has 2 nitrogen and oxygen atoms in total. The monoisotopic (exact) mass is 299 g/mol. The lowest BCUT2D eigenvalue weighted by molar-refractivity contribution is 1.02. The molecule has 1 aromatic heterocycles. The van der Waals surface area contributed by atoms with Crippen molar-refractivity contribution in [3.63, 3.8) is 0 Å². The predicted molar refractivity (Wildman–Crippen MR) is 71.4 cm³/mol. The van der Waals surface area contributed by atoms with E-state index in [1.165, 1.54) is 0 Å². The number of halogens is 2. The van der Waals surface area contributed by atoms with Gasteiger partial charge in [-0.05, 0) is 25.5 Å². The first-order chi connectivity index (χ1) is 7.54. The van der Waals surface area contributed by atoms with Crippen LogP contribution in [0.1, 0.15) is 18.2 Å². The third-order valence-electron chi connectivity index (χ3n) is 2.72. The second-order valence-corrected chi connectivity index (χ2v) is 5.04. The molecular formula is C12H11BrClNO. The Hall–Kier alpha value is -0.800. The van der Waals surface area contributed by atoms with Crippen LogP contribution in [-0.2, 0) is 6.42 Å². The Labute approximate surface area is 107 Å². The summed E-state index contributed by atoms with van der Waals surface area (Å²) in [6.07, 6.45) is 0.795. The van der Waals surface area contributed by atoms with Crippen LogP contribution in [0.4, 0.5) is 0 Å². The van der Waals surface area contributed by atoms with Crippen LogP contribution in [0.2, 0.25) is 5.02 Å². The van der Waals surface area contributed by atoms with Crippen LogP contribution < -0.4 is 5.43 Å². The molecule has 2 rings (SSSR count). The van der Waals surface area contributed by atoms with Crippen molar-refractivity contribution < 1.29 is 0 Å². The minimum absolute atomic E-state index is 0.0498. The maximum atomic E-state index is 12.1. The summed E-state index contributed by atoms with van der Waals surface area (Å²) >= 11 is 9.46. The van der Waals surface area contributed by atoms with Gasteiger partial charge >= 0.3 is 0 Å². The van der Waals surface area contributed by atoms with Crippen LogP contribution in [0, 0.1) is 6.92 Å². The molecule has 0 aliphatic carbocycles. The van der Waals surface area contributed by atoms with E-state index in [0.29, 0.717) is 10.4 Å². The second-order valence-electron chi connectivity index (χ2n) is 3.72. The summed E-state index contributed by atoms with van der Waals surface area (Å²) in [7, 11) is 0. The van der Waals surface area contributed by atoms with Gasteiger partial charge in [0.1, 0.15) is 0 Å². The van der Waals surface area contributed by atoms with Crippen LogP contribution in [0.15, 0.2) is 21.4 Å². The lowest BCUT2D eigenvalue weighted by Gasteiger charge is -2.08. The van der Waals surface area contributed by atoms with Crippen LogP contribution in [-0.4, -0.2) is 4.98 Å². The Morgan fingerprint density at radius 3 is 2.75 bits per heavy atom. The minimum atomic E-state index is 0.0498. The number of nitrogens with one attached hydrogen (secondary N) is 1. The second kappa shape index (κ2) is 4.22. The van der Waals surface area contributed by atoms with Crippen LogP contribution in [0.5, 0.6) is 0 Å². The Kier molecular flexibility index (Phi) is 3.08. The van der Waals surface area contributed by atoms with Gasteiger partial charge < -0.3 is 4.98 Å². The molecule has 2 aromatic rings. The van der Waals surface area contributed by atoms with E-state index >= 15 is 0 Å². The number of H-pyrrole nitrogens is 1. The number of hydrogen-bond donors (Lipinski definition) is 1. The van der Waals surface area contributed by atoms with Crippen molar-refractivity contribution in [1.29, 1.82) is 0 Å². The van der Waals surface area contributed by atoms with Gasteiger partial charge in [0.25, 0.3) is 0 Å². The molecule has 0 fully saturated rings. The van der Waals surface area contributed by atoms with E-state index in [9.17, 15) is 4.79 Å². The highest BCUT2D eigenvalue weighted by Crippen LogP contribution is 2.25. The lowest BCUT2D eigenvalue weighted by atomic mass is 10.1. The van der Waals surface area contributed by atoms with E-state index in [-0.39, 0.29) is 5.43 Å². The van der Waals surface area contributed by atoms with Gasteiger partial charge in [-0.2, -0.15) is 0 Å². The first kappa shape index (κ1) is 11.7. The quantitative estimate of drug-likeness (QED) is 0.853. The Bertz CT molecular complexity index is 618. The summed E-state index contributed by atoms with van der Waals surface area (Å²) in [6, 6.07) is 3.58. The van der Waals surface area contributed by atoms with Crippen molar-refractivity contribution in [3.8, 4) is 0 Å². The first-order valence-corrected chi connectivity index (χ1v) is 6.22. The normalized spacial score (nSPS) is 11.0. The van der Waals surface area contributed by atoms with Crippen molar-refractivity contribution in [2.45, 2.75) is 20.3 Å². The smallest absolute Gasteiger partial charge is 0.192 e. The van der Waals surface area contributed by atoms with E-state index in [2.05, 4.69) is 20.9 Å². The van der Waals surface area contributed by atoms with Crippen LogP contribution in [0.3, 0.4) is 0 Å². The SMILES string of the molecule is CCc1[nH]c2c(Cl)cc(Br)cc2c(=O)c1C. The number of aromatic amines is 1. The van der Waals surface area contributed by atoms with E-state index in [0.717, 1.165) is 27.7 Å². The maximum Gasteiger partial charge on any atom is 0.192 e. The number of pyridine rings is 1. The van der Waals surface area contributed by atoms with Gasteiger partial charge in [-0.15, -0.1) is 0 Å². The van der Waals surface area contributed by atoms with Crippen LogP contribution >= 0.6 is 27.5 Å². The molecule has 1 aromatic carbocycles. The number of hydrogen-bond acceptors (Lipinski definition) is 1. The van der Waals surface area contributed by atoms with Crippen molar-refractivity contribution in [2.24, 2.45) is 0 Å². The highest BCUT2D eigenvalue weighted by atomic mass is 79.9. The molecular weight excluding hydrogens is 289 g/mol. The molecule has 0 aliphatic rings. The molecule has 84 valence electrons. The lowest BCUT2D eigenvalue weighted by Crippen LogP contribution is -2.11. The molecule has 0 unspecified atom stereocenters. The summed E-state index contributed by atoms with van der Waals surface area (Å²) in [5.41, 5.74) is 2.48. The van der Waals surface area contributed by atoms with Gasteiger partial charge in [-0.3, -0.25) is 4.79 Å². The number of aryl methyl sites for hydroxylation is 1. The zero-order valence-electron chi connectivity index (χ0n) is 9.03. The molecule has 0 spiro atoms. The summed E-state index contributed by atoms with van der Waals surface area (Å²) in [4.78, 5) is 15.3. The molecule has 0 saturated carbocycles. The molecule has 4 heteroatoms. The molecule has 1 N–H and O–H groups in total. The van der Waals surface area contributed by atoms with Crippen LogP contribution in [0.25, 0.3) is 10.9 Å². The molecule has 0 bridgehead atoms. The first-order valence-electron chi connectivity index (χ1n) is 5.05. The van der Waals surface area contributed by atoms with Crippen molar-refractivity contribution in [1.82, 2.24) is 4.98 Å². The number of fused-ring (bicyclic) bond motifs is 1. The maximum absolute atomic E-state index is 12.1. The van der Waals surface area contributed by atoms with Crippen molar-refractivity contribution in [3.05, 3.63) is 43.1 Å². The third kappa shape index (κ3) is 1.78. The van der Waals surface area contributed by atoms with E-state index in [1.807, 2.05) is 13.8 Å². The zero-order chi connectivity index (χ0) is 11.9. The average Bonchev–Trinajstić information content (AvgIpc) is 2.24. The topological polar surface area (TPSA) is 32.9 Å². The Morgan fingerprint density at radius 1 is 1.44 bits per heavy atom. The van der Waals surface area contributed by atoms with Gasteiger partial charge in [0.15, 0.2) is 5.43 Å². The van der Waals surface area contributed by atoms with E-state index < -0.39 is 0 Å². The van der Waals surface area contributed by atoms with Gasteiger partial charge in [-0.1, -0.05) is 34.5 Å². The van der Waals surface area contributed by atoms with E-state index in [4.69, 9.17) is 11.6 Å². The van der Waals surface area contributed by atoms with E-state index in [1.54, 1.807) is 12.1 Å². The molecule has 1 heterocycles. The minimum Gasteiger partial charge on any atom is -0.357 e. The molecule has 0 aliphatic heterocycles. The van der Waals surface area contributed by atoms with Gasteiger partial charge in [0, 0.05) is 21.1 Å². The molecule has 0 radical (unpaired) electrons. The third-order valence-corrected chi connectivity index (χ3v) is 3.48. The fourth-order valence-electron chi connectivity index (χ4n) is 1.82. The summed E-state index contributed by atoms with van der Waals surface area (Å²) in [5, 5.41) is 1.20. The van der Waals surface area contributed by atoms with Crippen molar-refractivity contribution >= 4 is 38.4 Å². The molecule has 0 amide bonds. The highest BCUT2D eigenvalue weighted by Gasteiger charge is 2.10. The molecule has 16 heavy (non-hydrogen) atoms. The summed E-state index contributed by atoms with van der Waals surface area (Å²) < 4.78 is 0.819. The largest absolute Gasteiger partial charge is 0.357 e. The van der Waals surface area contributed by atoms with Gasteiger partial charge in [0.2, 0.25) is 0 Å². The molecule has 0 saturated heterocycles. The number of benzene rings is 1. The molecule has 0 atom stereocenters. The summed E-state index contributed by atoms with van der Waals surface area (Å²) in [6.45, 7) is 3.85.